The van der Waals surface area contributed by atoms with Crippen molar-refractivity contribution in [3.05, 3.63) is 54.4 Å². The molecule has 0 spiro atoms. The minimum atomic E-state index is 0.552. The van der Waals surface area contributed by atoms with Crippen molar-refractivity contribution in [3.8, 4) is 0 Å². The Labute approximate surface area is 113 Å². The van der Waals surface area contributed by atoms with Gasteiger partial charge in [0.15, 0.2) is 11.4 Å². The first-order valence-corrected chi connectivity index (χ1v) is 6.48. The molecule has 3 rings (SSSR count). The van der Waals surface area contributed by atoms with Crippen LogP contribution < -0.4 is 0 Å². The van der Waals surface area contributed by atoms with Crippen molar-refractivity contribution >= 4 is 29.0 Å². The Bertz CT molecular complexity index is 731. The predicted octanol–water partition coefficient (Wildman–Crippen LogP) is 2.99. The van der Waals surface area contributed by atoms with Crippen LogP contribution in [-0.4, -0.2) is 21.2 Å². The lowest BCUT2D eigenvalue weighted by atomic mass is 10.2. The molecular formula is C14H9N3OS. The molecule has 0 aliphatic carbocycles. The molecule has 0 bridgehead atoms. The molecular weight excluding hydrogens is 258 g/mol. The smallest absolute Gasteiger partial charge is 0.193 e. The molecule has 0 aliphatic heterocycles. The Morgan fingerprint density at radius 2 is 1.84 bits per heavy atom. The van der Waals surface area contributed by atoms with Gasteiger partial charge in [-0.15, -0.1) is 0 Å². The molecule has 19 heavy (non-hydrogen) atoms. The van der Waals surface area contributed by atoms with Gasteiger partial charge in [0.2, 0.25) is 0 Å². The maximum absolute atomic E-state index is 11.2. The van der Waals surface area contributed by atoms with Crippen molar-refractivity contribution in [3.63, 3.8) is 0 Å². The number of hydrogen-bond donors (Lipinski definition) is 0. The van der Waals surface area contributed by atoms with E-state index in [1.165, 1.54) is 11.8 Å². The van der Waals surface area contributed by atoms with Crippen LogP contribution >= 0.6 is 11.8 Å². The van der Waals surface area contributed by atoms with E-state index >= 15 is 0 Å². The normalized spacial score (nSPS) is 10.5. The summed E-state index contributed by atoms with van der Waals surface area (Å²) in [5, 5.41) is 2.15. The van der Waals surface area contributed by atoms with E-state index in [-0.39, 0.29) is 0 Å². The average Bonchev–Trinajstić information content (AvgIpc) is 2.47. The third-order valence-electron chi connectivity index (χ3n) is 2.57. The quantitative estimate of drug-likeness (QED) is 0.539. The third-order valence-corrected chi connectivity index (χ3v) is 3.49. The molecule has 0 amide bonds. The first kappa shape index (κ1) is 11.8. The number of rotatable bonds is 3. The van der Waals surface area contributed by atoms with Crippen molar-refractivity contribution in [2.75, 3.05) is 0 Å². The number of aromatic nitrogens is 3. The second-order valence-corrected chi connectivity index (χ2v) is 4.78. The number of fused-ring (bicyclic) bond motifs is 1. The highest BCUT2D eigenvalue weighted by Crippen LogP contribution is 2.27. The van der Waals surface area contributed by atoms with Crippen LogP contribution in [0, 0.1) is 0 Å². The molecule has 0 atom stereocenters. The van der Waals surface area contributed by atoms with E-state index in [9.17, 15) is 4.79 Å². The van der Waals surface area contributed by atoms with E-state index in [2.05, 4.69) is 15.0 Å². The van der Waals surface area contributed by atoms with Crippen molar-refractivity contribution < 1.29 is 4.79 Å². The van der Waals surface area contributed by atoms with Crippen LogP contribution in [0.4, 0.5) is 0 Å². The fourth-order valence-electron chi connectivity index (χ4n) is 1.71. The molecule has 4 nitrogen and oxygen atoms in total. The van der Waals surface area contributed by atoms with Crippen LogP contribution in [0.1, 0.15) is 10.4 Å². The average molecular weight is 267 g/mol. The van der Waals surface area contributed by atoms with Gasteiger partial charge in [-0.1, -0.05) is 18.2 Å². The van der Waals surface area contributed by atoms with Gasteiger partial charge in [-0.2, -0.15) is 0 Å². The van der Waals surface area contributed by atoms with Crippen LogP contribution in [0.15, 0.2) is 59.0 Å². The molecule has 0 saturated heterocycles. The van der Waals surface area contributed by atoms with Gasteiger partial charge in [0.05, 0.1) is 5.52 Å². The summed E-state index contributed by atoms with van der Waals surface area (Å²) in [6, 6.07) is 11.3. The van der Waals surface area contributed by atoms with Crippen molar-refractivity contribution in [2.45, 2.75) is 10.2 Å². The van der Waals surface area contributed by atoms with Crippen molar-refractivity contribution in [2.24, 2.45) is 0 Å². The van der Waals surface area contributed by atoms with E-state index in [0.29, 0.717) is 15.7 Å². The first-order valence-electron chi connectivity index (χ1n) is 5.66. The molecule has 3 aromatic rings. The monoisotopic (exact) mass is 267 g/mol. The van der Waals surface area contributed by atoms with E-state index in [1.807, 2.05) is 30.3 Å². The highest BCUT2D eigenvalue weighted by atomic mass is 32.2. The molecule has 0 radical (unpaired) electrons. The van der Waals surface area contributed by atoms with Gasteiger partial charge in [0, 0.05) is 23.3 Å². The summed E-state index contributed by atoms with van der Waals surface area (Å²) in [4.78, 5) is 23.9. The molecule has 2 heterocycles. The zero-order valence-corrected chi connectivity index (χ0v) is 10.7. The van der Waals surface area contributed by atoms with E-state index in [0.717, 1.165) is 17.2 Å². The topological polar surface area (TPSA) is 55.7 Å². The largest absolute Gasteiger partial charge is 0.298 e. The van der Waals surface area contributed by atoms with Crippen LogP contribution in [0.2, 0.25) is 0 Å². The Balaban J connectivity index is 2.09. The van der Waals surface area contributed by atoms with Crippen molar-refractivity contribution in [1.29, 1.82) is 0 Å². The Morgan fingerprint density at radius 1 is 1.05 bits per heavy atom. The van der Waals surface area contributed by atoms with Crippen LogP contribution in [-0.2, 0) is 0 Å². The first-order chi connectivity index (χ1) is 9.36. The molecule has 0 unspecified atom stereocenters. The van der Waals surface area contributed by atoms with E-state index in [4.69, 9.17) is 0 Å². The summed E-state index contributed by atoms with van der Waals surface area (Å²) in [6.45, 7) is 0. The van der Waals surface area contributed by atoms with Gasteiger partial charge in [0.1, 0.15) is 5.03 Å². The highest BCUT2D eigenvalue weighted by Gasteiger charge is 2.09. The molecule has 0 saturated carbocycles. The van der Waals surface area contributed by atoms with Gasteiger partial charge < -0.3 is 0 Å². The molecule has 0 fully saturated rings. The summed E-state index contributed by atoms with van der Waals surface area (Å²) < 4.78 is 0. The molecule has 0 aliphatic rings. The zero-order chi connectivity index (χ0) is 13.1. The molecule has 92 valence electrons. The van der Waals surface area contributed by atoms with Gasteiger partial charge in [-0.3, -0.25) is 4.79 Å². The van der Waals surface area contributed by atoms with Gasteiger partial charge in [0.25, 0.3) is 0 Å². The second-order valence-electron chi connectivity index (χ2n) is 3.83. The minimum absolute atomic E-state index is 0.552. The molecule has 2 aromatic heterocycles. The zero-order valence-electron chi connectivity index (χ0n) is 9.85. The van der Waals surface area contributed by atoms with Gasteiger partial charge in [-0.05, 0) is 30.0 Å². The third kappa shape index (κ3) is 2.46. The predicted molar refractivity (Wildman–Crippen MR) is 73.3 cm³/mol. The Kier molecular flexibility index (Phi) is 3.20. The standard InChI is InChI=1S/C14H9N3OS/c18-9-11-8-10-4-1-2-5-12(10)17-13(11)19-14-15-6-3-7-16-14/h1-9H. The number of nitrogens with zero attached hydrogens (tertiary/aromatic N) is 3. The number of hydrogen-bond acceptors (Lipinski definition) is 5. The summed E-state index contributed by atoms with van der Waals surface area (Å²) in [5.41, 5.74) is 1.41. The molecule has 0 N–H and O–H groups in total. The lowest BCUT2D eigenvalue weighted by Gasteiger charge is -2.04. The van der Waals surface area contributed by atoms with Gasteiger partial charge in [-0.25, -0.2) is 15.0 Å². The summed E-state index contributed by atoms with van der Waals surface area (Å²) in [5.74, 6) is 0. The number of aldehydes is 1. The fraction of sp³-hybridized carbons (Fsp3) is 0. The van der Waals surface area contributed by atoms with Gasteiger partial charge >= 0.3 is 0 Å². The van der Waals surface area contributed by atoms with E-state index in [1.54, 1.807) is 18.5 Å². The summed E-state index contributed by atoms with van der Waals surface area (Å²) in [7, 11) is 0. The number of carbonyl (C=O) groups is 1. The minimum Gasteiger partial charge on any atom is -0.298 e. The molecule has 1 aromatic carbocycles. The highest BCUT2D eigenvalue weighted by molar-refractivity contribution is 7.99. The fourth-order valence-corrected chi connectivity index (χ4v) is 2.47. The maximum atomic E-state index is 11.2. The Hall–Kier alpha value is -2.27. The second kappa shape index (κ2) is 5.16. The Morgan fingerprint density at radius 3 is 2.63 bits per heavy atom. The van der Waals surface area contributed by atoms with Crippen LogP contribution in [0.3, 0.4) is 0 Å². The summed E-state index contributed by atoms with van der Waals surface area (Å²) in [6.07, 6.45) is 4.14. The number of para-hydroxylation sites is 1. The number of benzene rings is 1. The lowest BCUT2D eigenvalue weighted by molar-refractivity contribution is 0.112. The summed E-state index contributed by atoms with van der Waals surface area (Å²) >= 11 is 1.29. The number of carbonyl (C=O) groups excluding carboxylic acids is 1. The number of pyridine rings is 1. The molecule has 5 heteroatoms. The SMILES string of the molecule is O=Cc1cc2ccccc2nc1Sc1ncccn1. The van der Waals surface area contributed by atoms with Crippen molar-refractivity contribution in [1.82, 2.24) is 15.0 Å². The van der Waals surface area contributed by atoms with Crippen LogP contribution in [0.25, 0.3) is 10.9 Å². The lowest BCUT2D eigenvalue weighted by Crippen LogP contribution is -1.93. The van der Waals surface area contributed by atoms with E-state index < -0.39 is 0 Å². The van der Waals surface area contributed by atoms with Crippen LogP contribution in [0.5, 0.6) is 0 Å². The maximum Gasteiger partial charge on any atom is 0.193 e.